The molecule has 8 rings (SSSR count). The summed E-state index contributed by atoms with van der Waals surface area (Å²) in [5.74, 6) is -0.654. The standard InChI is InChI=1S/C44H53N7O7S3/c1-9-25-20-44(25,41(54)50-61(55,56)27-14-15-27)49-37(52)33-18-26(21-51(33)40(53)36(43(5,6)7)48-42-47-30-12-10-11-13-35(30)60-42)58-38-28-16-17-34(57-8)24(4)29(28)19-31(45-38)39-46-32(22-59-39)23(2)3/h10-13,16-17,19,22-23,25-27,33,36H,9,14-15,18,20-21H2,1-8H3,(H,47,48)(H,49,52)(H,50,54)/t25-,26-,33+,36-,44-/m1/s1. The summed E-state index contributed by atoms with van der Waals surface area (Å²) in [7, 11) is -2.25. The summed E-state index contributed by atoms with van der Waals surface area (Å²) >= 11 is 2.94. The van der Waals surface area contributed by atoms with E-state index in [1.807, 2.05) is 82.5 Å². The van der Waals surface area contributed by atoms with Gasteiger partial charge in [0.25, 0.3) is 5.91 Å². The van der Waals surface area contributed by atoms with Crippen molar-refractivity contribution < 1.29 is 32.3 Å². The highest BCUT2D eigenvalue weighted by Crippen LogP contribution is 2.47. The number of fused-ring (bicyclic) bond motifs is 2. The van der Waals surface area contributed by atoms with Crippen molar-refractivity contribution in [3.63, 3.8) is 0 Å². The first-order valence-electron chi connectivity index (χ1n) is 20.8. The molecule has 17 heteroatoms. The largest absolute Gasteiger partial charge is 0.496 e. The monoisotopic (exact) mass is 887 g/mol. The van der Waals surface area contributed by atoms with E-state index in [-0.39, 0.29) is 37.1 Å². The van der Waals surface area contributed by atoms with Crippen LogP contribution in [0, 0.1) is 18.3 Å². The van der Waals surface area contributed by atoms with E-state index in [9.17, 15) is 18.0 Å². The maximum atomic E-state index is 15.1. The second-order valence-corrected chi connectivity index (χ2v) is 21.7. The van der Waals surface area contributed by atoms with E-state index in [2.05, 4.69) is 29.2 Å². The molecule has 61 heavy (non-hydrogen) atoms. The summed E-state index contributed by atoms with van der Waals surface area (Å²) in [6, 6.07) is 11.6. The fraction of sp³-hybridized carbons (Fsp3) is 0.500. The Labute approximate surface area is 364 Å². The molecule has 2 aromatic carbocycles. The molecular formula is C44H53N7O7S3. The third-order valence-corrected chi connectivity index (χ3v) is 15.8. The van der Waals surface area contributed by atoms with Gasteiger partial charge in [0.05, 0.1) is 34.8 Å². The number of ether oxygens (including phenoxy) is 2. The predicted octanol–water partition coefficient (Wildman–Crippen LogP) is 7.18. The van der Waals surface area contributed by atoms with Crippen molar-refractivity contribution in [2.75, 3.05) is 19.0 Å². The summed E-state index contributed by atoms with van der Waals surface area (Å²) in [6.07, 6.45) is 1.20. The number of carbonyl (C=O) groups excluding carboxylic acids is 3. The lowest BCUT2D eigenvalue weighted by Crippen LogP contribution is -2.58. The SMILES string of the molecule is CC[C@@H]1C[C@]1(NC(=O)[C@@H]1C[C@@H](Oc2nc(-c3nc(C(C)C)cs3)cc3c(C)c(OC)ccc23)CN1C(=O)[C@@H](Nc1nc2ccccc2s1)C(C)(C)C)C(=O)NS(=O)(=O)C1CC1. The van der Waals surface area contributed by atoms with Crippen LogP contribution in [0.4, 0.5) is 5.13 Å². The lowest BCUT2D eigenvalue weighted by molar-refractivity contribution is -0.141. The maximum absolute atomic E-state index is 15.1. The molecule has 2 saturated carbocycles. The number of aromatic nitrogens is 3. The molecule has 5 atom stereocenters. The zero-order valence-corrected chi connectivity index (χ0v) is 38.1. The van der Waals surface area contributed by atoms with Crippen LogP contribution in [0.3, 0.4) is 0 Å². The fourth-order valence-electron chi connectivity index (χ4n) is 8.21. The van der Waals surface area contributed by atoms with Crippen LogP contribution in [0.15, 0.2) is 47.8 Å². The predicted molar refractivity (Wildman–Crippen MR) is 239 cm³/mol. The van der Waals surface area contributed by atoms with Crippen molar-refractivity contribution in [1.82, 2.24) is 29.9 Å². The number of para-hydroxylation sites is 1. The van der Waals surface area contributed by atoms with Crippen LogP contribution in [-0.2, 0) is 24.4 Å². The van der Waals surface area contributed by atoms with Crippen LogP contribution >= 0.6 is 22.7 Å². The van der Waals surface area contributed by atoms with Gasteiger partial charge in [-0.2, -0.15) is 0 Å². The minimum Gasteiger partial charge on any atom is -0.496 e. The van der Waals surface area contributed by atoms with Crippen molar-refractivity contribution in [1.29, 1.82) is 0 Å². The Morgan fingerprint density at radius 1 is 1.05 bits per heavy atom. The number of hydrogen-bond acceptors (Lipinski definition) is 13. The molecule has 0 unspecified atom stereocenters. The average Bonchev–Trinajstić information content (AvgIpc) is 4.02. The zero-order chi connectivity index (χ0) is 43.6. The van der Waals surface area contributed by atoms with E-state index >= 15 is 4.79 Å². The normalized spacial score (nSPS) is 22.0. The van der Waals surface area contributed by atoms with Crippen LogP contribution in [0.5, 0.6) is 11.6 Å². The zero-order valence-electron chi connectivity index (χ0n) is 35.7. The number of methoxy groups -OCH3 is 1. The van der Waals surface area contributed by atoms with Crippen molar-refractivity contribution in [3.05, 3.63) is 59.1 Å². The van der Waals surface area contributed by atoms with E-state index < -0.39 is 56.2 Å². The molecule has 0 spiro atoms. The molecule has 2 aliphatic carbocycles. The molecule has 3 N–H and O–H groups in total. The highest BCUT2D eigenvalue weighted by Gasteiger charge is 2.62. The van der Waals surface area contributed by atoms with Crippen molar-refractivity contribution >= 4 is 76.5 Å². The molecule has 324 valence electrons. The molecular weight excluding hydrogens is 835 g/mol. The Morgan fingerprint density at radius 3 is 2.44 bits per heavy atom. The van der Waals surface area contributed by atoms with Gasteiger partial charge in [-0.05, 0) is 84.7 Å². The van der Waals surface area contributed by atoms with Crippen LogP contribution in [-0.4, -0.2) is 88.6 Å². The Bertz CT molecular complexity index is 2600. The maximum Gasteiger partial charge on any atom is 0.259 e. The van der Waals surface area contributed by atoms with Crippen LogP contribution in [0.25, 0.3) is 31.7 Å². The molecule has 0 bridgehead atoms. The van der Waals surface area contributed by atoms with Gasteiger partial charge < -0.3 is 25.0 Å². The summed E-state index contributed by atoms with van der Waals surface area (Å²) in [4.78, 5) is 59.7. The number of rotatable bonds is 14. The summed E-state index contributed by atoms with van der Waals surface area (Å²) in [6.45, 7) is 13.9. The van der Waals surface area contributed by atoms with Crippen LogP contribution in [0.1, 0.15) is 90.8 Å². The quantitative estimate of drug-likeness (QED) is 0.103. The second-order valence-electron chi connectivity index (χ2n) is 17.9. The lowest BCUT2D eigenvalue weighted by atomic mass is 9.85. The number of nitrogens with one attached hydrogen (secondary N) is 3. The number of nitrogens with zero attached hydrogens (tertiary/aromatic N) is 4. The van der Waals surface area contributed by atoms with E-state index in [1.165, 1.54) is 27.6 Å². The Kier molecular flexibility index (Phi) is 11.3. The summed E-state index contributed by atoms with van der Waals surface area (Å²) < 4.78 is 41.5. The molecule has 3 amide bonds. The van der Waals surface area contributed by atoms with Crippen molar-refractivity contribution in [3.8, 4) is 22.3 Å². The van der Waals surface area contributed by atoms with E-state index in [4.69, 9.17) is 24.4 Å². The van der Waals surface area contributed by atoms with E-state index in [0.717, 1.165) is 37.3 Å². The number of thiazole rings is 2. The first-order chi connectivity index (χ1) is 28.9. The number of anilines is 1. The van der Waals surface area contributed by atoms with Crippen LogP contribution < -0.4 is 24.8 Å². The van der Waals surface area contributed by atoms with Gasteiger partial charge in [-0.25, -0.2) is 23.4 Å². The topological polar surface area (TPSA) is 182 Å². The first-order valence-corrected chi connectivity index (χ1v) is 24.1. The third-order valence-electron chi connectivity index (χ3n) is 12.1. The van der Waals surface area contributed by atoms with E-state index in [0.29, 0.717) is 41.7 Å². The van der Waals surface area contributed by atoms with Crippen molar-refractivity contribution in [2.45, 2.75) is 115 Å². The molecule has 1 aliphatic heterocycles. The molecule has 14 nitrogen and oxygen atoms in total. The van der Waals surface area contributed by atoms with Gasteiger partial charge in [-0.1, -0.05) is 71.4 Å². The number of likely N-dealkylation sites (tertiary alicyclic amines) is 1. The van der Waals surface area contributed by atoms with Gasteiger partial charge >= 0.3 is 0 Å². The number of amides is 3. The van der Waals surface area contributed by atoms with Gasteiger partial charge in [0.2, 0.25) is 27.7 Å². The summed E-state index contributed by atoms with van der Waals surface area (Å²) in [5.41, 5.74) is 1.22. The smallest absolute Gasteiger partial charge is 0.259 e. The Morgan fingerprint density at radius 2 is 1.80 bits per heavy atom. The highest BCUT2D eigenvalue weighted by atomic mass is 32.2. The fourth-order valence-corrected chi connectivity index (χ4v) is 11.4. The molecule has 3 aromatic heterocycles. The minimum absolute atomic E-state index is 0.0365. The molecule has 1 saturated heterocycles. The second kappa shape index (κ2) is 16.1. The number of hydrogen-bond donors (Lipinski definition) is 3. The molecule has 4 heterocycles. The van der Waals surface area contributed by atoms with Crippen molar-refractivity contribution in [2.24, 2.45) is 11.3 Å². The van der Waals surface area contributed by atoms with Gasteiger partial charge in [0.1, 0.15) is 40.2 Å². The number of sulfonamides is 1. The molecule has 0 radical (unpaired) electrons. The van der Waals surface area contributed by atoms with Gasteiger partial charge in [-0.15, -0.1) is 11.3 Å². The number of aryl methyl sites for hydroxylation is 1. The Hall–Kier alpha value is -4.87. The lowest BCUT2D eigenvalue weighted by Gasteiger charge is -2.35. The Balaban J connectivity index is 1.15. The average molecular weight is 888 g/mol. The third kappa shape index (κ3) is 8.40. The van der Waals surface area contributed by atoms with Crippen LogP contribution in [0.2, 0.25) is 0 Å². The highest BCUT2D eigenvalue weighted by molar-refractivity contribution is 7.91. The van der Waals surface area contributed by atoms with Gasteiger partial charge in [0, 0.05) is 17.2 Å². The number of pyridine rings is 1. The number of carbonyl (C=O) groups is 3. The molecule has 3 fully saturated rings. The molecule has 3 aliphatic rings. The number of benzene rings is 2. The minimum atomic E-state index is -3.87. The first kappa shape index (κ1) is 42.8. The van der Waals surface area contributed by atoms with Gasteiger partial charge in [-0.3, -0.25) is 19.1 Å². The van der Waals surface area contributed by atoms with E-state index in [1.54, 1.807) is 7.11 Å². The summed E-state index contributed by atoms with van der Waals surface area (Å²) in [5, 5.41) is 10.7. The van der Waals surface area contributed by atoms with Gasteiger partial charge in [0.15, 0.2) is 5.13 Å². The molecule has 5 aromatic rings.